The summed E-state index contributed by atoms with van der Waals surface area (Å²) in [7, 11) is 1.39. The van der Waals surface area contributed by atoms with E-state index in [1.165, 1.54) is 7.11 Å². The van der Waals surface area contributed by atoms with E-state index in [4.69, 9.17) is 4.74 Å². The van der Waals surface area contributed by atoms with E-state index in [9.17, 15) is 9.90 Å². The maximum atomic E-state index is 11.5. The first-order valence-electron chi connectivity index (χ1n) is 5.34. The van der Waals surface area contributed by atoms with Crippen LogP contribution in [-0.2, 0) is 4.74 Å². The normalized spacial score (nSPS) is 35.4. The summed E-state index contributed by atoms with van der Waals surface area (Å²) in [6.45, 7) is 2.51. The monoisotopic (exact) mass is 211 g/mol. The lowest BCUT2D eigenvalue weighted by molar-refractivity contribution is 0.00987. The molecule has 1 saturated heterocycles. The minimum Gasteiger partial charge on any atom is -0.453 e. The van der Waals surface area contributed by atoms with Crippen molar-refractivity contribution in [1.82, 2.24) is 4.90 Å². The van der Waals surface area contributed by atoms with Crippen LogP contribution in [0.4, 0.5) is 4.79 Å². The second kappa shape index (κ2) is 3.85. The molecule has 2 bridgehead atoms. The molecule has 15 heavy (non-hydrogen) atoms. The largest absolute Gasteiger partial charge is 0.453 e. The molecule has 1 fully saturated rings. The number of rotatable bonds is 1. The minimum absolute atomic E-state index is 0.00227. The minimum atomic E-state index is -0.380. The van der Waals surface area contributed by atoms with Crippen LogP contribution in [0.5, 0.6) is 0 Å². The Morgan fingerprint density at radius 2 is 2.33 bits per heavy atom. The van der Waals surface area contributed by atoms with E-state index in [-0.39, 0.29) is 24.2 Å². The van der Waals surface area contributed by atoms with Gasteiger partial charge in [-0.25, -0.2) is 4.79 Å². The van der Waals surface area contributed by atoms with E-state index in [0.29, 0.717) is 5.92 Å². The van der Waals surface area contributed by atoms with Crippen molar-refractivity contribution < 1.29 is 14.6 Å². The van der Waals surface area contributed by atoms with Gasteiger partial charge in [0.2, 0.25) is 0 Å². The molecule has 4 unspecified atom stereocenters. The quantitative estimate of drug-likeness (QED) is 0.658. The Balaban J connectivity index is 2.18. The third-order valence-electron chi connectivity index (χ3n) is 3.41. The lowest BCUT2D eigenvalue weighted by atomic mass is 9.75. The van der Waals surface area contributed by atoms with Crippen LogP contribution in [0.15, 0.2) is 12.2 Å². The topological polar surface area (TPSA) is 49.8 Å². The van der Waals surface area contributed by atoms with Gasteiger partial charge in [-0.3, -0.25) is 0 Å². The summed E-state index contributed by atoms with van der Waals surface area (Å²) >= 11 is 0. The first kappa shape index (κ1) is 10.5. The zero-order valence-electron chi connectivity index (χ0n) is 9.09. The fraction of sp³-hybridized carbons (Fsp3) is 0.727. The first-order chi connectivity index (χ1) is 7.13. The van der Waals surface area contributed by atoms with E-state index < -0.39 is 0 Å². The summed E-state index contributed by atoms with van der Waals surface area (Å²) in [6.07, 6.45) is 4.45. The Bertz CT molecular complexity index is 288. The fourth-order valence-corrected chi connectivity index (χ4v) is 2.62. The number of nitrogens with zero attached hydrogens (tertiary/aromatic N) is 1. The molecule has 3 rings (SSSR count). The van der Waals surface area contributed by atoms with E-state index in [2.05, 4.69) is 6.08 Å². The van der Waals surface area contributed by atoms with Gasteiger partial charge < -0.3 is 14.7 Å². The van der Waals surface area contributed by atoms with Gasteiger partial charge in [-0.1, -0.05) is 12.2 Å². The van der Waals surface area contributed by atoms with Gasteiger partial charge in [0.25, 0.3) is 0 Å². The smallest absolute Gasteiger partial charge is 0.410 e. The first-order valence-corrected chi connectivity index (χ1v) is 5.34. The van der Waals surface area contributed by atoms with Crippen molar-refractivity contribution in [2.75, 3.05) is 13.7 Å². The summed E-state index contributed by atoms with van der Waals surface area (Å²) in [5.41, 5.74) is 0. The number of aliphatic hydroxyl groups excluding tert-OH is 1. The molecule has 0 aromatic heterocycles. The van der Waals surface area contributed by atoms with Crippen molar-refractivity contribution in [2.24, 2.45) is 11.8 Å². The van der Waals surface area contributed by atoms with E-state index in [1.54, 1.807) is 11.8 Å². The molecule has 4 nitrogen and oxygen atoms in total. The molecule has 0 saturated carbocycles. The highest BCUT2D eigenvalue weighted by Crippen LogP contribution is 2.36. The Kier molecular flexibility index (Phi) is 2.69. The molecule has 4 atom stereocenters. The lowest BCUT2D eigenvalue weighted by Gasteiger charge is -2.46. The number of piperidine rings is 1. The van der Waals surface area contributed by atoms with Gasteiger partial charge in [-0.05, 0) is 19.3 Å². The highest BCUT2D eigenvalue weighted by atomic mass is 16.5. The van der Waals surface area contributed by atoms with Crippen LogP contribution in [0.3, 0.4) is 0 Å². The van der Waals surface area contributed by atoms with Gasteiger partial charge in [0.15, 0.2) is 0 Å². The van der Waals surface area contributed by atoms with Crippen molar-refractivity contribution in [3.05, 3.63) is 12.2 Å². The van der Waals surface area contributed by atoms with Crippen LogP contribution in [0, 0.1) is 11.8 Å². The number of ether oxygens (including phenoxy) is 1. The second-order valence-electron chi connectivity index (χ2n) is 4.40. The molecule has 3 aliphatic rings. The molecule has 1 N–H and O–H groups in total. The maximum Gasteiger partial charge on any atom is 0.410 e. The number of hydrogen-bond acceptors (Lipinski definition) is 3. The van der Waals surface area contributed by atoms with Crippen molar-refractivity contribution in [3.8, 4) is 0 Å². The molecular formula is C11H17NO3. The molecule has 1 amide bonds. The summed E-state index contributed by atoms with van der Waals surface area (Å²) < 4.78 is 4.74. The van der Waals surface area contributed by atoms with Gasteiger partial charge in [0.05, 0.1) is 19.3 Å². The predicted molar refractivity (Wildman–Crippen MR) is 55.3 cm³/mol. The number of carbonyl (C=O) groups excluding carboxylic acids is 1. The SMILES string of the molecule is COC(=O)N1CC2C=CC1C(C(C)O)C2. The van der Waals surface area contributed by atoms with E-state index in [1.807, 2.05) is 6.08 Å². The summed E-state index contributed by atoms with van der Waals surface area (Å²) in [5.74, 6) is 0.515. The number of fused-ring (bicyclic) bond motifs is 2. The second-order valence-corrected chi connectivity index (χ2v) is 4.40. The van der Waals surface area contributed by atoms with Crippen LogP contribution in [0.1, 0.15) is 13.3 Å². The number of methoxy groups -OCH3 is 1. The Morgan fingerprint density at radius 3 is 2.87 bits per heavy atom. The van der Waals surface area contributed by atoms with Gasteiger partial charge >= 0.3 is 6.09 Å². The molecule has 0 spiro atoms. The highest BCUT2D eigenvalue weighted by molar-refractivity contribution is 5.68. The summed E-state index contributed by atoms with van der Waals surface area (Å²) in [5, 5.41) is 9.66. The molecule has 1 aliphatic carbocycles. The maximum absolute atomic E-state index is 11.5. The summed E-state index contributed by atoms with van der Waals surface area (Å²) in [6, 6.07) is 0.00227. The zero-order chi connectivity index (χ0) is 11.0. The van der Waals surface area contributed by atoms with Crippen LogP contribution in [0.2, 0.25) is 0 Å². The molecule has 4 heteroatoms. The standard InChI is InChI=1S/C11H17NO3/c1-7(13)9-5-8-3-4-10(9)12(6-8)11(14)15-2/h3-4,7-10,13H,5-6H2,1-2H3. The number of amides is 1. The third kappa shape index (κ3) is 1.74. The van der Waals surface area contributed by atoms with Crippen molar-refractivity contribution in [1.29, 1.82) is 0 Å². The third-order valence-corrected chi connectivity index (χ3v) is 3.41. The Labute approximate surface area is 89.5 Å². The average Bonchev–Trinajstić information content (AvgIpc) is 2.28. The van der Waals surface area contributed by atoms with Gasteiger partial charge in [-0.2, -0.15) is 0 Å². The Hall–Kier alpha value is -1.03. The van der Waals surface area contributed by atoms with Crippen molar-refractivity contribution in [3.63, 3.8) is 0 Å². The van der Waals surface area contributed by atoms with E-state index >= 15 is 0 Å². The van der Waals surface area contributed by atoms with Gasteiger partial charge in [0, 0.05) is 12.5 Å². The van der Waals surface area contributed by atoms with Gasteiger partial charge in [0.1, 0.15) is 0 Å². The van der Waals surface area contributed by atoms with Crippen molar-refractivity contribution in [2.45, 2.75) is 25.5 Å². The molecule has 2 aliphatic heterocycles. The number of aliphatic hydroxyl groups is 1. The summed E-state index contributed by atoms with van der Waals surface area (Å²) in [4.78, 5) is 13.2. The molecule has 84 valence electrons. The molecule has 0 aromatic carbocycles. The number of hydrogen-bond donors (Lipinski definition) is 1. The van der Waals surface area contributed by atoms with Crippen molar-refractivity contribution >= 4 is 6.09 Å². The zero-order valence-corrected chi connectivity index (χ0v) is 9.09. The van der Waals surface area contributed by atoms with Crippen LogP contribution >= 0.6 is 0 Å². The lowest BCUT2D eigenvalue weighted by Crippen LogP contribution is -2.55. The molecule has 0 aromatic rings. The van der Waals surface area contributed by atoms with E-state index in [0.717, 1.165) is 13.0 Å². The Morgan fingerprint density at radius 1 is 1.60 bits per heavy atom. The number of carbonyl (C=O) groups is 1. The molecule has 0 radical (unpaired) electrons. The van der Waals surface area contributed by atoms with Gasteiger partial charge in [-0.15, -0.1) is 0 Å². The van der Waals surface area contributed by atoms with Crippen LogP contribution in [0.25, 0.3) is 0 Å². The average molecular weight is 211 g/mol. The van der Waals surface area contributed by atoms with Crippen LogP contribution < -0.4 is 0 Å². The predicted octanol–water partition coefficient (Wildman–Crippen LogP) is 1.01. The molecule has 2 heterocycles. The van der Waals surface area contributed by atoms with Crippen LogP contribution in [-0.4, -0.2) is 41.9 Å². The molecular weight excluding hydrogens is 194 g/mol. The highest BCUT2D eigenvalue weighted by Gasteiger charge is 2.41. The fourth-order valence-electron chi connectivity index (χ4n) is 2.62.